The molecule has 1 aliphatic heterocycles. The van der Waals surface area contributed by atoms with Crippen molar-refractivity contribution < 1.29 is 67.4 Å². The SMILES string of the molecule is CO[C@@H](C(=O)O[C@H]1C[C@@]2(O)[C@@H](OC(=O)c3ccccc3)[C@@H]3[C@]4(OC(C)=O)CO[C@@H]4C[C@H](O)[C@@]3(C)C(=O)[C@H](OC(C)=O)C3=C(C)C1C32C)[C@@H](NC(=O)c1ccccc1)c1ccccc1. The van der Waals surface area contributed by atoms with Crippen LogP contribution in [-0.4, -0.2) is 107 Å². The van der Waals surface area contributed by atoms with E-state index in [0.717, 1.165) is 6.92 Å². The molecular weight excluding hydrogens is 815 g/mol. The van der Waals surface area contributed by atoms with Crippen molar-refractivity contribution >= 4 is 35.6 Å². The molecule has 63 heavy (non-hydrogen) atoms. The summed E-state index contributed by atoms with van der Waals surface area (Å²) >= 11 is 0. The molecule has 3 aromatic rings. The molecule has 2 unspecified atom stereocenters. The molecule has 4 fully saturated rings. The minimum Gasteiger partial charge on any atom is -0.460 e. The Kier molecular flexibility index (Phi) is 11.2. The lowest BCUT2D eigenvalue weighted by Gasteiger charge is -2.67. The Labute approximate surface area is 364 Å². The topological polar surface area (TPSA) is 210 Å². The Bertz CT molecular complexity index is 2360. The van der Waals surface area contributed by atoms with Gasteiger partial charge in [0.05, 0.1) is 35.6 Å². The summed E-state index contributed by atoms with van der Waals surface area (Å²) in [7, 11) is 1.30. The van der Waals surface area contributed by atoms with Crippen LogP contribution in [0.2, 0.25) is 0 Å². The Morgan fingerprint density at radius 3 is 2.00 bits per heavy atom. The summed E-state index contributed by atoms with van der Waals surface area (Å²) < 4.78 is 36.5. The summed E-state index contributed by atoms with van der Waals surface area (Å²) in [6.45, 7) is 6.78. The lowest BCUT2D eigenvalue weighted by atomic mass is 9.43. The fraction of sp³-hybridized carbons (Fsp3) is 0.458. The Balaban J connectivity index is 1.27. The number of aliphatic hydroxyl groups is 2. The summed E-state index contributed by atoms with van der Waals surface area (Å²) in [6.07, 6.45) is -9.17. The number of hydrogen-bond donors (Lipinski definition) is 3. The predicted octanol–water partition coefficient (Wildman–Crippen LogP) is 4.00. The fourth-order valence-corrected chi connectivity index (χ4v) is 11.6. The van der Waals surface area contributed by atoms with Crippen molar-refractivity contribution in [3.8, 4) is 0 Å². The third-order valence-corrected chi connectivity index (χ3v) is 14.4. The molecule has 0 radical (unpaired) electrons. The zero-order chi connectivity index (χ0) is 45.2. The van der Waals surface area contributed by atoms with E-state index in [0.29, 0.717) is 16.7 Å². The van der Waals surface area contributed by atoms with Gasteiger partial charge in [0.15, 0.2) is 23.6 Å². The molecule has 0 aromatic heterocycles. The number of Topliss-reactive ketones (excluding diaryl/α,β-unsaturated/α-hetero) is 1. The van der Waals surface area contributed by atoms with E-state index >= 15 is 4.79 Å². The van der Waals surface area contributed by atoms with Crippen molar-refractivity contribution in [2.45, 2.75) is 101 Å². The first-order chi connectivity index (χ1) is 29.9. The molecule has 15 heteroatoms. The van der Waals surface area contributed by atoms with E-state index in [2.05, 4.69) is 5.32 Å². The smallest absolute Gasteiger partial charge is 0.338 e. The lowest BCUT2D eigenvalue weighted by molar-refractivity contribution is -0.344. The van der Waals surface area contributed by atoms with Crippen molar-refractivity contribution in [2.75, 3.05) is 13.7 Å². The number of esters is 4. The first-order valence-electron chi connectivity index (χ1n) is 21.0. The number of methoxy groups -OCH3 is 1. The van der Waals surface area contributed by atoms with Crippen LogP contribution in [-0.2, 0) is 47.6 Å². The highest BCUT2D eigenvalue weighted by atomic mass is 16.6. The third kappa shape index (κ3) is 6.70. The van der Waals surface area contributed by atoms with Crippen molar-refractivity contribution in [1.82, 2.24) is 5.32 Å². The molecule has 15 nitrogen and oxygen atoms in total. The van der Waals surface area contributed by atoms with Gasteiger partial charge in [-0.1, -0.05) is 79.2 Å². The molecule has 1 saturated heterocycles. The van der Waals surface area contributed by atoms with E-state index in [-0.39, 0.29) is 24.2 Å². The van der Waals surface area contributed by atoms with Gasteiger partial charge in [0, 0.05) is 50.7 Å². The van der Waals surface area contributed by atoms with Crippen molar-refractivity contribution in [1.29, 1.82) is 0 Å². The number of rotatable bonds is 11. The minimum atomic E-state index is -2.28. The normalized spacial score (nSPS) is 34.7. The van der Waals surface area contributed by atoms with E-state index < -0.39 is 119 Å². The first kappa shape index (κ1) is 43.9. The summed E-state index contributed by atoms with van der Waals surface area (Å²) in [4.78, 5) is 84.0. The Morgan fingerprint density at radius 2 is 1.44 bits per heavy atom. The van der Waals surface area contributed by atoms with Crippen LogP contribution in [0.15, 0.2) is 102 Å². The lowest BCUT2D eigenvalue weighted by Crippen LogP contribution is -2.81. The first-order valence-corrected chi connectivity index (χ1v) is 21.0. The number of aliphatic hydroxyl groups excluding tert-OH is 1. The Hall–Kier alpha value is -5.74. The van der Waals surface area contributed by atoms with E-state index in [1.165, 1.54) is 33.1 Å². The van der Waals surface area contributed by atoms with Gasteiger partial charge < -0.3 is 44.0 Å². The molecule has 13 atom stereocenters. The van der Waals surface area contributed by atoms with Crippen molar-refractivity contribution in [3.63, 3.8) is 0 Å². The molecule has 0 bridgehead atoms. The van der Waals surface area contributed by atoms with Crippen LogP contribution < -0.4 is 5.32 Å². The van der Waals surface area contributed by atoms with Gasteiger partial charge in [0.25, 0.3) is 5.91 Å². The van der Waals surface area contributed by atoms with Gasteiger partial charge in [-0.3, -0.25) is 19.2 Å². The van der Waals surface area contributed by atoms with Crippen LogP contribution in [0.1, 0.15) is 79.8 Å². The maximum absolute atomic E-state index is 15.4. The summed E-state index contributed by atoms with van der Waals surface area (Å²) in [5.41, 5.74) is -5.99. The van der Waals surface area contributed by atoms with Crippen LogP contribution in [0.25, 0.3) is 0 Å². The zero-order valence-corrected chi connectivity index (χ0v) is 35.8. The highest BCUT2D eigenvalue weighted by molar-refractivity contribution is 5.97. The highest BCUT2D eigenvalue weighted by Gasteiger charge is 2.83. The van der Waals surface area contributed by atoms with Gasteiger partial charge in [-0.25, -0.2) is 9.59 Å². The van der Waals surface area contributed by atoms with Gasteiger partial charge in [-0.2, -0.15) is 0 Å². The second-order valence-electron chi connectivity index (χ2n) is 17.7. The molecule has 5 aliphatic rings. The number of nitrogens with one attached hydrogen (secondary N) is 1. The van der Waals surface area contributed by atoms with Crippen molar-refractivity contribution in [3.05, 3.63) is 119 Å². The minimum absolute atomic E-state index is 0.101. The maximum Gasteiger partial charge on any atom is 0.338 e. The molecule has 3 saturated carbocycles. The molecule has 3 N–H and O–H groups in total. The number of hydrogen-bond acceptors (Lipinski definition) is 14. The Morgan fingerprint density at radius 1 is 0.841 bits per heavy atom. The zero-order valence-electron chi connectivity index (χ0n) is 35.8. The molecule has 332 valence electrons. The average Bonchev–Trinajstić information content (AvgIpc) is 3.44. The molecular formula is C48H51NO14. The number of fused-ring (bicyclic) bond motifs is 3. The molecule has 4 aliphatic carbocycles. The number of benzene rings is 3. The molecule has 1 amide bonds. The van der Waals surface area contributed by atoms with Crippen LogP contribution in [0.4, 0.5) is 0 Å². The van der Waals surface area contributed by atoms with E-state index in [9.17, 15) is 34.2 Å². The largest absolute Gasteiger partial charge is 0.460 e. The van der Waals surface area contributed by atoms with Gasteiger partial charge in [0.2, 0.25) is 0 Å². The van der Waals surface area contributed by atoms with Gasteiger partial charge in [0.1, 0.15) is 23.9 Å². The molecule has 0 spiro atoms. The number of ketones is 1. The molecule has 8 rings (SSSR count). The quantitative estimate of drug-likeness (QED) is 0.141. The second-order valence-corrected chi connectivity index (χ2v) is 17.7. The molecule has 1 heterocycles. The van der Waals surface area contributed by atoms with Crippen LogP contribution in [0.3, 0.4) is 0 Å². The van der Waals surface area contributed by atoms with Crippen LogP contribution in [0, 0.1) is 22.7 Å². The number of carbonyl (C=O) groups excluding carboxylic acids is 6. The summed E-state index contributed by atoms with van der Waals surface area (Å²) in [6, 6.07) is 24.1. The summed E-state index contributed by atoms with van der Waals surface area (Å²) in [5, 5.41) is 28.8. The van der Waals surface area contributed by atoms with Gasteiger partial charge in [-0.15, -0.1) is 0 Å². The number of ether oxygens (including phenoxy) is 6. The average molecular weight is 866 g/mol. The highest BCUT2D eigenvalue weighted by Crippen LogP contribution is 2.72. The maximum atomic E-state index is 15.4. The monoisotopic (exact) mass is 865 g/mol. The number of amides is 1. The van der Waals surface area contributed by atoms with E-state index in [1.807, 2.05) is 0 Å². The molecule has 3 aromatic carbocycles. The van der Waals surface area contributed by atoms with Crippen LogP contribution >= 0.6 is 0 Å². The fourth-order valence-electron chi connectivity index (χ4n) is 11.6. The predicted molar refractivity (Wildman–Crippen MR) is 220 cm³/mol. The van der Waals surface area contributed by atoms with Gasteiger partial charge >= 0.3 is 23.9 Å². The summed E-state index contributed by atoms with van der Waals surface area (Å²) in [5.74, 6) is -6.99. The van der Waals surface area contributed by atoms with Crippen LogP contribution in [0.5, 0.6) is 0 Å². The third-order valence-electron chi connectivity index (χ3n) is 14.4. The van der Waals surface area contributed by atoms with E-state index in [4.69, 9.17) is 28.4 Å². The number of carbonyl (C=O) groups is 6. The second kappa shape index (κ2) is 16.1. The van der Waals surface area contributed by atoms with E-state index in [1.54, 1.807) is 92.7 Å². The van der Waals surface area contributed by atoms with Gasteiger partial charge in [-0.05, 0) is 49.2 Å². The standard InChI is InChI=1S/C48H51NO14/c1-25-34-31(61-44(56)38(58-6)36(28-16-10-7-11-17-28)49-42(54)29-18-12-8-13-19-29)23-48(57)41(62-43(55)30-20-14-9-15-21-30)39-45(4,32(52)22-33-47(39,24-59-33)63-27(3)51)40(53)37(60-26(2)50)35(25)46(34,48)5/h7-21,31-34,36-39,41,52,57H,22-24H2,1-6H3,(H,49,54)/t31-,32-,33+,34?,36-,37+,38+,39-,41-,45+,46?,47-,48+/m0/s1. The van der Waals surface area contributed by atoms with Crippen molar-refractivity contribution in [2.24, 2.45) is 22.7 Å².